The van der Waals surface area contributed by atoms with Crippen LogP contribution in [0.25, 0.3) is 5.57 Å². The van der Waals surface area contributed by atoms with E-state index in [1.165, 1.54) is 21.3 Å². The summed E-state index contributed by atoms with van der Waals surface area (Å²) in [6.07, 6.45) is 2.09. The van der Waals surface area contributed by atoms with Crippen LogP contribution in [0.2, 0.25) is 0 Å². The van der Waals surface area contributed by atoms with Gasteiger partial charge in [-0.1, -0.05) is 11.2 Å². The van der Waals surface area contributed by atoms with Crippen molar-refractivity contribution in [3.05, 3.63) is 47.0 Å². The minimum absolute atomic E-state index is 0.393. The lowest BCUT2D eigenvalue weighted by molar-refractivity contribution is -0.142. The maximum Gasteiger partial charge on any atom is 0.412 e. The number of amides is 1. The van der Waals surface area contributed by atoms with Gasteiger partial charge in [-0.05, 0) is 74.6 Å². The zero-order valence-corrected chi connectivity index (χ0v) is 23.2. The Labute approximate surface area is 227 Å². The number of nitrogens with zero attached hydrogens (tertiary/aromatic N) is 1. The average molecular weight is 543 g/mol. The third-order valence-corrected chi connectivity index (χ3v) is 5.68. The van der Waals surface area contributed by atoms with E-state index in [9.17, 15) is 9.59 Å². The topological polar surface area (TPSA) is 134 Å². The van der Waals surface area contributed by atoms with E-state index >= 15 is 0 Å². The third kappa shape index (κ3) is 7.13. The van der Waals surface area contributed by atoms with Crippen molar-refractivity contribution < 1.29 is 43.2 Å². The van der Waals surface area contributed by atoms with Crippen LogP contribution in [0.5, 0.6) is 23.0 Å². The third-order valence-electron chi connectivity index (χ3n) is 5.68. The van der Waals surface area contributed by atoms with Crippen LogP contribution in [0, 0.1) is 0 Å². The molecule has 1 aliphatic rings. The molecule has 1 aliphatic carbocycles. The molecule has 11 nitrogen and oxygen atoms in total. The van der Waals surface area contributed by atoms with Crippen LogP contribution in [-0.2, 0) is 20.8 Å². The average Bonchev–Trinajstić information content (AvgIpc) is 3.05. The molecule has 0 spiro atoms. The van der Waals surface area contributed by atoms with Gasteiger partial charge in [-0.15, -0.1) is 0 Å². The predicted molar refractivity (Wildman–Crippen MR) is 145 cm³/mol. The van der Waals surface area contributed by atoms with Gasteiger partial charge in [-0.25, -0.2) is 9.59 Å². The van der Waals surface area contributed by atoms with Gasteiger partial charge in [0.2, 0.25) is 12.4 Å². The Morgan fingerprint density at radius 2 is 1.64 bits per heavy atom. The highest BCUT2D eigenvalue weighted by atomic mass is 16.6. The molecule has 0 saturated carbocycles. The summed E-state index contributed by atoms with van der Waals surface area (Å²) in [5.74, 6) is 0.711. The number of aliphatic carboxylic acids is 1. The summed E-state index contributed by atoms with van der Waals surface area (Å²) < 4.78 is 27.8. The molecule has 0 saturated heterocycles. The van der Waals surface area contributed by atoms with Crippen molar-refractivity contribution in [1.82, 2.24) is 0 Å². The van der Waals surface area contributed by atoms with Crippen LogP contribution in [0.4, 0.5) is 10.5 Å². The van der Waals surface area contributed by atoms with Crippen LogP contribution in [0.1, 0.15) is 43.9 Å². The largest absolute Gasteiger partial charge is 0.495 e. The SMILES string of the molecule is COc1ccc(C2=C/C(=N/OCC(=O)O)CCc3c2cc(OC)c(OC)c3OC)cc1NC(=O)OC(C)(C)C. The lowest BCUT2D eigenvalue weighted by atomic mass is 9.92. The summed E-state index contributed by atoms with van der Waals surface area (Å²) in [7, 11) is 6.12. The number of carbonyl (C=O) groups excluding carboxylic acids is 1. The smallest absolute Gasteiger partial charge is 0.412 e. The van der Waals surface area contributed by atoms with E-state index in [2.05, 4.69) is 10.5 Å². The number of hydrogen-bond donors (Lipinski definition) is 2. The van der Waals surface area contributed by atoms with Gasteiger partial charge in [0.15, 0.2) is 11.5 Å². The van der Waals surface area contributed by atoms with Crippen LogP contribution < -0.4 is 24.3 Å². The van der Waals surface area contributed by atoms with E-state index in [0.29, 0.717) is 58.4 Å². The van der Waals surface area contributed by atoms with Crippen molar-refractivity contribution in [3.8, 4) is 23.0 Å². The first-order valence-corrected chi connectivity index (χ1v) is 12.1. The molecule has 3 rings (SSSR count). The number of carboxylic acids is 1. The van der Waals surface area contributed by atoms with Crippen molar-refractivity contribution in [2.45, 2.75) is 39.2 Å². The first-order chi connectivity index (χ1) is 18.5. The second kappa shape index (κ2) is 12.4. The molecule has 2 N–H and O–H groups in total. The molecule has 0 heterocycles. The molecular weight excluding hydrogens is 508 g/mol. The van der Waals surface area contributed by atoms with Crippen molar-refractivity contribution >= 4 is 29.0 Å². The van der Waals surface area contributed by atoms with Gasteiger partial charge in [-0.3, -0.25) is 5.32 Å². The maximum absolute atomic E-state index is 12.6. The number of benzene rings is 2. The monoisotopic (exact) mass is 542 g/mol. The highest BCUT2D eigenvalue weighted by Gasteiger charge is 2.26. The predicted octanol–water partition coefficient (Wildman–Crippen LogP) is 4.90. The fourth-order valence-corrected chi connectivity index (χ4v) is 4.14. The molecule has 0 unspecified atom stereocenters. The Bertz CT molecular complexity index is 1290. The molecule has 0 bridgehead atoms. The Morgan fingerprint density at radius 3 is 2.23 bits per heavy atom. The van der Waals surface area contributed by atoms with E-state index in [4.69, 9.17) is 33.6 Å². The number of oxime groups is 1. The van der Waals surface area contributed by atoms with Gasteiger partial charge in [0.1, 0.15) is 11.4 Å². The zero-order chi connectivity index (χ0) is 28.7. The molecule has 0 aliphatic heterocycles. The van der Waals surface area contributed by atoms with Gasteiger partial charge in [0.05, 0.1) is 39.8 Å². The van der Waals surface area contributed by atoms with E-state index in [1.54, 1.807) is 46.1 Å². The minimum atomic E-state index is -1.13. The molecule has 2 aromatic carbocycles. The molecule has 2 aromatic rings. The fraction of sp³-hybridized carbons (Fsp3) is 0.393. The Balaban J connectivity index is 2.21. The van der Waals surface area contributed by atoms with Crippen molar-refractivity contribution in [2.24, 2.45) is 5.16 Å². The lowest BCUT2D eigenvalue weighted by Gasteiger charge is -2.22. The molecule has 11 heteroatoms. The number of nitrogens with one attached hydrogen (secondary N) is 1. The molecule has 0 radical (unpaired) electrons. The van der Waals surface area contributed by atoms with Gasteiger partial charge in [-0.2, -0.15) is 0 Å². The fourth-order valence-electron chi connectivity index (χ4n) is 4.14. The van der Waals surface area contributed by atoms with Gasteiger partial charge in [0.25, 0.3) is 0 Å². The number of fused-ring (bicyclic) bond motifs is 1. The number of carbonyl (C=O) groups is 2. The number of anilines is 1. The number of allylic oxidation sites excluding steroid dienone is 1. The highest BCUT2D eigenvalue weighted by Crippen LogP contribution is 2.47. The zero-order valence-electron chi connectivity index (χ0n) is 23.2. The maximum atomic E-state index is 12.6. The summed E-state index contributed by atoms with van der Waals surface area (Å²) in [5, 5.41) is 15.8. The van der Waals surface area contributed by atoms with Crippen molar-refractivity contribution in [2.75, 3.05) is 40.4 Å². The van der Waals surface area contributed by atoms with Crippen molar-refractivity contribution in [3.63, 3.8) is 0 Å². The first-order valence-electron chi connectivity index (χ1n) is 12.1. The summed E-state index contributed by atoms with van der Waals surface area (Å²) in [6, 6.07) is 7.15. The Morgan fingerprint density at radius 1 is 0.949 bits per heavy atom. The van der Waals surface area contributed by atoms with Crippen LogP contribution in [0.15, 0.2) is 35.5 Å². The van der Waals surface area contributed by atoms with E-state index in [0.717, 1.165) is 11.1 Å². The number of rotatable bonds is 9. The summed E-state index contributed by atoms with van der Waals surface area (Å²) in [5.41, 5.74) is 3.23. The molecular formula is C28H34N2O9. The molecule has 39 heavy (non-hydrogen) atoms. The standard InChI is InChI=1S/C28H34N2O9/c1-28(2,3)39-27(33)29-21-12-16(8-11-22(21)34-4)19-13-17(30-38-15-24(31)32)9-10-18-20(19)14-23(35-5)26(37-7)25(18)36-6/h8,11-14H,9-10,15H2,1-7H3,(H,29,33)(H,31,32)/b30-17+. The number of methoxy groups -OCH3 is 4. The number of hydrogen-bond acceptors (Lipinski definition) is 9. The highest BCUT2D eigenvalue weighted by molar-refractivity contribution is 6.06. The van der Waals surface area contributed by atoms with Crippen LogP contribution >= 0.6 is 0 Å². The minimum Gasteiger partial charge on any atom is -0.495 e. The van der Waals surface area contributed by atoms with E-state index in [1.807, 2.05) is 12.1 Å². The Hall–Kier alpha value is -4.41. The first kappa shape index (κ1) is 29.2. The van der Waals surface area contributed by atoms with E-state index in [-0.39, 0.29) is 0 Å². The molecule has 0 aromatic heterocycles. The van der Waals surface area contributed by atoms with Gasteiger partial charge < -0.3 is 33.6 Å². The molecule has 1 amide bonds. The summed E-state index contributed by atoms with van der Waals surface area (Å²) in [4.78, 5) is 28.6. The summed E-state index contributed by atoms with van der Waals surface area (Å²) >= 11 is 0. The summed E-state index contributed by atoms with van der Waals surface area (Å²) in [6.45, 7) is 4.75. The second-order valence-corrected chi connectivity index (χ2v) is 9.52. The van der Waals surface area contributed by atoms with Crippen molar-refractivity contribution in [1.29, 1.82) is 0 Å². The molecule has 210 valence electrons. The Kier molecular flexibility index (Phi) is 9.29. The normalized spacial score (nSPS) is 13.9. The van der Waals surface area contributed by atoms with Gasteiger partial charge in [0, 0.05) is 5.56 Å². The van der Waals surface area contributed by atoms with Crippen LogP contribution in [-0.4, -0.2) is 63.5 Å². The molecule has 0 fully saturated rings. The second-order valence-electron chi connectivity index (χ2n) is 9.52. The lowest BCUT2D eigenvalue weighted by Crippen LogP contribution is -2.27. The van der Waals surface area contributed by atoms with Gasteiger partial charge >= 0.3 is 12.1 Å². The number of ether oxygens (including phenoxy) is 5. The molecule has 0 atom stereocenters. The van der Waals surface area contributed by atoms with Crippen LogP contribution in [0.3, 0.4) is 0 Å². The number of carboxylic acid groups (broad SMARTS) is 1. The van der Waals surface area contributed by atoms with E-state index < -0.39 is 24.3 Å². The quantitative estimate of drug-likeness (QED) is 0.424.